The van der Waals surface area contributed by atoms with Crippen molar-refractivity contribution in [3.8, 4) is 0 Å². The second-order valence-corrected chi connectivity index (χ2v) is 4.66. The zero-order chi connectivity index (χ0) is 13.0. The molecule has 1 aliphatic carbocycles. The van der Waals surface area contributed by atoms with Crippen LogP contribution in [-0.2, 0) is 4.74 Å². The van der Waals surface area contributed by atoms with Crippen LogP contribution in [0.3, 0.4) is 0 Å². The van der Waals surface area contributed by atoms with E-state index in [9.17, 15) is 4.79 Å². The minimum Gasteiger partial charge on any atom is -0.476 e. The van der Waals surface area contributed by atoms with E-state index in [0.717, 1.165) is 32.4 Å². The van der Waals surface area contributed by atoms with E-state index < -0.39 is 5.97 Å². The van der Waals surface area contributed by atoms with Crippen molar-refractivity contribution >= 4 is 11.8 Å². The Labute approximate surface area is 105 Å². The van der Waals surface area contributed by atoms with E-state index in [2.05, 4.69) is 15.3 Å². The Morgan fingerprint density at radius 2 is 2.22 bits per heavy atom. The molecule has 1 fully saturated rings. The first-order chi connectivity index (χ1) is 8.67. The third-order valence-corrected chi connectivity index (χ3v) is 3.33. The van der Waals surface area contributed by atoms with Crippen LogP contribution >= 0.6 is 0 Å². The fourth-order valence-corrected chi connectivity index (χ4v) is 1.91. The number of nitrogens with zero attached hydrogens (tertiary/aromatic N) is 2. The summed E-state index contributed by atoms with van der Waals surface area (Å²) in [7, 11) is 1.69. The number of aromatic carboxylic acids is 1. The van der Waals surface area contributed by atoms with Crippen molar-refractivity contribution < 1.29 is 14.6 Å². The minimum absolute atomic E-state index is 0.0277. The minimum atomic E-state index is -1.06. The average Bonchev–Trinajstić information content (AvgIpc) is 3.15. The van der Waals surface area contributed by atoms with Crippen molar-refractivity contribution in [3.63, 3.8) is 0 Å². The van der Waals surface area contributed by atoms with E-state index in [0.29, 0.717) is 5.82 Å². The molecule has 0 atom stereocenters. The number of anilines is 1. The highest BCUT2D eigenvalue weighted by molar-refractivity contribution is 5.90. The van der Waals surface area contributed by atoms with Crippen molar-refractivity contribution in [2.45, 2.75) is 19.3 Å². The van der Waals surface area contributed by atoms with Gasteiger partial charge in [0, 0.05) is 32.7 Å². The standard InChI is InChI=1S/C12H17N3O3/c1-18-7-4-12(2-3-12)8-15-10-9(11(16)17)13-5-6-14-10/h5-6H,2-4,7-8H2,1H3,(H,14,15)(H,16,17). The van der Waals surface area contributed by atoms with Gasteiger partial charge in [-0.1, -0.05) is 0 Å². The van der Waals surface area contributed by atoms with Gasteiger partial charge in [0.1, 0.15) is 0 Å². The summed E-state index contributed by atoms with van der Waals surface area (Å²) >= 11 is 0. The van der Waals surface area contributed by atoms with Crippen LogP contribution in [0.2, 0.25) is 0 Å². The quantitative estimate of drug-likeness (QED) is 0.762. The van der Waals surface area contributed by atoms with Gasteiger partial charge in [-0.3, -0.25) is 0 Å². The number of rotatable bonds is 7. The molecule has 18 heavy (non-hydrogen) atoms. The van der Waals surface area contributed by atoms with Crippen LogP contribution in [0.1, 0.15) is 29.8 Å². The molecule has 0 amide bonds. The maximum atomic E-state index is 11.0. The Hall–Kier alpha value is -1.69. The lowest BCUT2D eigenvalue weighted by molar-refractivity contribution is 0.0691. The van der Waals surface area contributed by atoms with Gasteiger partial charge < -0.3 is 15.2 Å². The van der Waals surface area contributed by atoms with Crippen LogP contribution in [-0.4, -0.2) is 41.3 Å². The van der Waals surface area contributed by atoms with Crippen LogP contribution < -0.4 is 5.32 Å². The van der Waals surface area contributed by atoms with Gasteiger partial charge in [-0.05, 0) is 24.7 Å². The predicted molar refractivity (Wildman–Crippen MR) is 65.6 cm³/mol. The number of methoxy groups -OCH3 is 1. The Morgan fingerprint density at radius 3 is 2.83 bits per heavy atom. The third kappa shape index (κ3) is 2.95. The molecule has 2 N–H and O–H groups in total. The second-order valence-electron chi connectivity index (χ2n) is 4.66. The zero-order valence-electron chi connectivity index (χ0n) is 10.3. The topological polar surface area (TPSA) is 84.3 Å². The summed E-state index contributed by atoms with van der Waals surface area (Å²) in [5.74, 6) is -0.721. The largest absolute Gasteiger partial charge is 0.476 e. The highest BCUT2D eigenvalue weighted by atomic mass is 16.5. The van der Waals surface area contributed by atoms with Crippen LogP contribution in [0, 0.1) is 5.41 Å². The molecule has 98 valence electrons. The molecule has 1 aromatic rings. The normalized spacial score (nSPS) is 16.3. The van der Waals surface area contributed by atoms with Gasteiger partial charge in [0.15, 0.2) is 11.5 Å². The van der Waals surface area contributed by atoms with Gasteiger partial charge in [-0.15, -0.1) is 0 Å². The fourth-order valence-electron chi connectivity index (χ4n) is 1.91. The smallest absolute Gasteiger partial charge is 0.358 e. The Morgan fingerprint density at radius 1 is 1.50 bits per heavy atom. The Balaban J connectivity index is 1.96. The molecule has 0 aromatic carbocycles. The number of carboxylic acid groups (broad SMARTS) is 1. The number of carboxylic acids is 1. The fraction of sp³-hybridized carbons (Fsp3) is 0.583. The van der Waals surface area contributed by atoms with E-state index in [1.165, 1.54) is 12.4 Å². The van der Waals surface area contributed by atoms with Gasteiger partial charge in [0.2, 0.25) is 0 Å². The van der Waals surface area contributed by atoms with E-state index in [1.54, 1.807) is 7.11 Å². The number of hydrogen-bond acceptors (Lipinski definition) is 5. The second kappa shape index (κ2) is 5.30. The summed E-state index contributed by atoms with van der Waals surface area (Å²) in [6.07, 6.45) is 6.15. The molecule has 6 heteroatoms. The average molecular weight is 251 g/mol. The molecule has 2 rings (SSSR count). The van der Waals surface area contributed by atoms with Gasteiger partial charge in [0.25, 0.3) is 0 Å². The number of nitrogens with one attached hydrogen (secondary N) is 1. The highest BCUT2D eigenvalue weighted by Crippen LogP contribution is 2.48. The van der Waals surface area contributed by atoms with E-state index >= 15 is 0 Å². The molecule has 1 aliphatic rings. The van der Waals surface area contributed by atoms with E-state index in [1.807, 2.05) is 0 Å². The number of carbonyl (C=O) groups is 1. The molecule has 0 spiro atoms. The number of hydrogen-bond donors (Lipinski definition) is 2. The maximum absolute atomic E-state index is 11.0. The summed E-state index contributed by atoms with van der Waals surface area (Å²) in [6.45, 7) is 1.45. The van der Waals surface area contributed by atoms with E-state index in [-0.39, 0.29) is 11.1 Å². The van der Waals surface area contributed by atoms with Gasteiger partial charge in [-0.25, -0.2) is 14.8 Å². The summed E-state index contributed by atoms with van der Waals surface area (Å²) in [5.41, 5.74) is 0.212. The first-order valence-corrected chi connectivity index (χ1v) is 5.94. The molecule has 0 aliphatic heterocycles. The van der Waals surface area contributed by atoms with Gasteiger partial charge in [-0.2, -0.15) is 0 Å². The lowest BCUT2D eigenvalue weighted by Gasteiger charge is -2.16. The molecule has 1 saturated carbocycles. The lowest BCUT2D eigenvalue weighted by Crippen LogP contribution is -2.20. The predicted octanol–water partition coefficient (Wildman–Crippen LogP) is 1.40. The van der Waals surface area contributed by atoms with Gasteiger partial charge >= 0.3 is 5.97 Å². The first kappa shape index (κ1) is 12.8. The molecule has 0 saturated heterocycles. The third-order valence-electron chi connectivity index (χ3n) is 3.33. The highest BCUT2D eigenvalue weighted by Gasteiger charge is 2.41. The molecule has 0 radical (unpaired) electrons. The summed E-state index contributed by atoms with van der Waals surface area (Å²) in [6, 6.07) is 0. The Bertz CT molecular complexity index is 432. The molecule has 6 nitrogen and oxygen atoms in total. The van der Waals surface area contributed by atoms with Crippen LogP contribution in [0.4, 0.5) is 5.82 Å². The van der Waals surface area contributed by atoms with Crippen LogP contribution in [0.15, 0.2) is 12.4 Å². The molecule has 1 heterocycles. The van der Waals surface area contributed by atoms with Crippen molar-refractivity contribution in [2.24, 2.45) is 5.41 Å². The van der Waals surface area contributed by atoms with Crippen molar-refractivity contribution in [2.75, 3.05) is 25.6 Å². The van der Waals surface area contributed by atoms with Crippen LogP contribution in [0.25, 0.3) is 0 Å². The Kier molecular flexibility index (Phi) is 3.76. The molecular formula is C12H17N3O3. The van der Waals surface area contributed by atoms with Crippen molar-refractivity contribution in [1.82, 2.24) is 9.97 Å². The van der Waals surface area contributed by atoms with Crippen LogP contribution in [0.5, 0.6) is 0 Å². The van der Waals surface area contributed by atoms with Gasteiger partial charge in [0.05, 0.1) is 0 Å². The maximum Gasteiger partial charge on any atom is 0.358 e. The van der Waals surface area contributed by atoms with Crippen molar-refractivity contribution in [1.29, 1.82) is 0 Å². The number of aromatic nitrogens is 2. The summed E-state index contributed by atoms with van der Waals surface area (Å²) in [5, 5.41) is 12.1. The summed E-state index contributed by atoms with van der Waals surface area (Å²) < 4.78 is 5.08. The number of ether oxygens (including phenoxy) is 1. The zero-order valence-corrected chi connectivity index (χ0v) is 10.3. The molecule has 0 bridgehead atoms. The summed E-state index contributed by atoms with van der Waals surface area (Å²) in [4.78, 5) is 18.8. The molecular weight excluding hydrogens is 234 g/mol. The first-order valence-electron chi connectivity index (χ1n) is 5.94. The van der Waals surface area contributed by atoms with Crippen molar-refractivity contribution in [3.05, 3.63) is 18.1 Å². The molecule has 0 unspecified atom stereocenters. The monoisotopic (exact) mass is 251 g/mol. The van der Waals surface area contributed by atoms with E-state index in [4.69, 9.17) is 9.84 Å². The lowest BCUT2D eigenvalue weighted by atomic mass is 10.0. The SMILES string of the molecule is COCCC1(CNc2nccnc2C(=O)O)CC1. The molecule has 1 aromatic heterocycles.